The second-order valence-corrected chi connectivity index (χ2v) is 8.48. The van der Waals surface area contributed by atoms with Crippen LogP contribution < -0.4 is 9.62 Å². The molecule has 144 valence electrons. The summed E-state index contributed by atoms with van der Waals surface area (Å²) >= 11 is 11.7. The summed E-state index contributed by atoms with van der Waals surface area (Å²) < 4.78 is 25.2. The number of amides is 1. The van der Waals surface area contributed by atoms with Gasteiger partial charge in [0.1, 0.15) is 6.54 Å². The molecule has 8 nitrogen and oxygen atoms in total. The van der Waals surface area contributed by atoms with Gasteiger partial charge in [-0.25, -0.2) is 8.42 Å². The summed E-state index contributed by atoms with van der Waals surface area (Å²) in [5, 5.41) is 14.1. The average Bonchev–Trinajstić information content (AvgIpc) is 2.51. The van der Waals surface area contributed by atoms with E-state index in [2.05, 4.69) is 5.32 Å². The Hall–Kier alpha value is -2.36. The van der Waals surface area contributed by atoms with Crippen molar-refractivity contribution in [3.63, 3.8) is 0 Å². The van der Waals surface area contributed by atoms with Crippen molar-refractivity contribution in [3.8, 4) is 0 Å². The third-order valence-electron chi connectivity index (χ3n) is 3.51. The van der Waals surface area contributed by atoms with Gasteiger partial charge < -0.3 is 5.32 Å². The Morgan fingerprint density at radius 3 is 2.30 bits per heavy atom. The van der Waals surface area contributed by atoms with Crippen molar-refractivity contribution in [2.45, 2.75) is 6.92 Å². The van der Waals surface area contributed by atoms with Crippen molar-refractivity contribution >= 4 is 56.2 Å². The minimum Gasteiger partial charge on any atom is -0.324 e. The molecule has 0 saturated carbocycles. The van der Waals surface area contributed by atoms with Gasteiger partial charge in [0.25, 0.3) is 5.69 Å². The molecular formula is C16H15Cl2N3O5S. The second-order valence-electron chi connectivity index (χ2n) is 5.70. The molecule has 0 heterocycles. The lowest BCUT2D eigenvalue weighted by atomic mass is 10.2. The third kappa shape index (κ3) is 5.56. The van der Waals surface area contributed by atoms with Gasteiger partial charge in [0, 0.05) is 27.9 Å². The smallest absolute Gasteiger partial charge is 0.271 e. The van der Waals surface area contributed by atoms with Crippen molar-refractivity contribution in [1.29, 1.82) is 0 Å². The maximum absolute atomic E-state index is 12.4. The van der Waals surface area contributed by atoms with E-state index in [0.717, 1.165) is 16.6 Å². The van der Waals surface area contributed by atoms with Gasteiger partial charge in [0.2, 0.25) is 15.9 Å². The lowest BCUT2D eigenvalue weighted by Crippen LogP contribution is -2.37. The zero-order valence-corrected chi connectivity index (χ0v) is 16.6. The molecule has 11 heteroatoms. The van der Waals surface area contributed by atoms with Crippen LogP contribution in [0.25, 0.3) is 0 Å². The third-order valence-corrected chi connectivity index (χ3v) is 5.07. The number of aryl methyl sites for hydroxylation is 1. The van der Waals surface area contributed by atoms with Crippen molar-refractivity contribution in [1.82, 2.24) is 0 Å². The van der Waals surface area contributed by atoms with Crippen molar-refractivity contribution in [3.05, 3.63) is 62.1 Å². The van der Waals surface area contributed by atoms with Crippen LogP contribution in [-0.2, 0) is 14.8 Å². The Bertz CT molecular complexity index is 991. The highest BCUT2D eigenvalue weighted by molar-refractivity contribution is 7.92. The van der Waals surface area contributed by atoms with Crippen LogP contribution in [0.5, 0.6) is 0 Å². The number of non-ortho nitro benzene ring substituents is 1. The van der Waals surface area contributed by atoms with Crippen LogP contribution in [0, 0.1) is 17.0 Å². The van der Waals surface area contributed by atoms with E-state index in [9.17, 15) is 23.3 Å². The number of carbonyl (C=O) groups excluding carboxylic acids is 1. The number of carbonyl (C=O) groups is 1. The number of halogens is 2. The molecule has 0 saturated heterocycles. The minimum absolute atomic E-state index is 0.0472. The molecule has 0 aliphatic rings. The number of benzene rings is 2. The fraction of sp³-hybridized carbons (Fsp3) is 0.188. The first-order valence-electron chi connectivity index (χ1n) is 7.46. The van der Waals surface area contributed by atoms with Crippen molar-refractivity contribution in [2.75, 3.05) is 22.4 Å². The Morgan fingerprint density at radius 1 is 1.19 bits per heavy atom. The van der Waals surface area contributed by atoms with E-state index in [1.54, 1.807) is 6.92 Å². The highest BCUT2D eigenvalue weighted by atomic mass is 35.5. The molecule has 1 N–H and O–H groups in total. The van der Waals surface area contributed by atoms with Gasteiger partial charge in [0.15, 0.2) is 0 Å². The molecule has 2 aromatic carbocycles. The summed E-state index contributed by atoms with van der Waals surface area (Å²) in [6.07, 6.45) is 0.912. The first kappa shape index (κ1) is 20.9. The van der Waals surface area contributed by atoms with E-state index >= 15 is 0 Å². The fourth-order valence-electron chi connectivity index (χ4n) is 2.32. The lowest BCUT2D eigenvalue weighted by Gasteiger charge is -2.23. The minimum atomic E-state index is -3.89. The maximum atomic E-state index is 12.4. The molecule has 2 aromatic rings. The number of nitro benzene ring substituents is 1. The molecule has 1 amide bonds. The number of sulfonamides is 1. The van der Waals surface area contributed by atoms with E-state index in [0.29, 0.717) is 21.3 Å². The summed E-state index contributed by atoms with van der Waals surface area (Å²) in [4.78, 5) is 22.7. The summed E-state index contributed by atoms with van der Waals surface area (Å²) in [5.41, 5.74) is 0.517. The van der Waals surface area contributed by atoms with Gasteiger partial charge in [-0.3, -0.25) is 19.2 Å². The van der Waals surface area contributed by atoms with Crippen LogP contribution in [-0.4, -0.2) is 32.0 Å². The number of nitrogens with one attached hydrogen (secondary N) is 1. The molecule has 0 spiro atoms. The van der Waals surface area contributed by atoms with Gasteiger partial charge in [-0.05, 0) is 30.7 Å². The zero-order chi connectivity index (χ0) is 20.4. The van der Waals surface area contributed by atoms with Gasteiger partial charge in [0.05, 0.1) is 16.9 Å². The molecule has 0 unspecified atom stereocenters. The van der Waals surface area contributed by atoms with E-state index in [4.69, 9.17) is 23.2 Å². The SMILES string of the molecule is Cc1ccc([N+](=O)[O-])cc1N(CC(=O)Nc1cc(Cl)cc(Cl)c1)S(C)(=O)=O. The number of anilines is 2. The van der Waals surface area contributed by atoms with Gasteiger partial charge in [-0.15, -0.1) is 0 Å². The molecule has 27 heavy (non-hydrogen) atoms. The highest BCUT2D eigenvalue weighted by Crippen LogP contribution is 2.28. The van der Waals surface area contributed by atoms with E-state index in [1.807, 2.05) is 0 Å². The molecule has 0 bridgehead atoms. The van der Waals surface area contributed by atoms with Crippen molar-refractivity contribution < 1.29 is 18.1 Å². The average molecular weight is 432 g/mol. The Morgan fingerprint density at radius 2 is 1.78 bits per heavy atom. The molecule has 0 fully saturated rings. The molecular weight excluding hydrogens is 417 g/mol. The van der Waals surface area contributed by atoms with Crippen LogP contribution in [0.15, 0.2) is 36.4 Å². The fourth-order valence-corrected chi connectivity index (χ4v) is 3.75. The lowest BCUT2D eigenvalue weighted by molar-refractivity contribution is -0.384. The summed E-state index contributed by atoms with van der Waals surface area (Å²) in [6, 6.07) is 8.17. The van der Waals surface area contributed by atoms with Gasteiger partial charge in [-0.1, -0.05) is 29.3 Å². The van der Waals surface area contributed by atoms with E-state index in [-0.39, 0.29) is 11.4 Å². The Labute approximate surface area is 165 Å². The Balaban J connectivity index is 2.34. The maximum Gasteiger partial charge on any atom is 0.271 e. The second kappa shape index (κ2) is 8.12. The first-order valence-corrected chi connectivity index (χ1v) is 10.1. The molecule has 2 rings (SSSR count). The normalized spacial score (nSPS) is 11.1. The molecule has 0 aliphatic heterocycles. The molecule has 0 radical (unpaired) electrons. The number of nitrogens with zero attached hydrogens (tertiary/aromatic N) is 2. The van der Waals surface area contributed by atoms with Crippen LogP contribution in [0.2, 0.25) is 10.0 Å². The number of hydrogen-bond donors (Lipinski definition) is 1. The largest absolute Gasteiger partial charge is 0.324 e. The van der Waals surface area contributed by atoms with Gasteiger partial charge in [-0.2, -0.15) is 0 Å². The Kier molecular flexibility index (Phi) is 6.30. The molecule has 0 aliphatic carbocycles. The molecule has 0 aromatic heterocycles. The van der Waals surface area contributed by atoms with Crippen LogP contribution in [0.4, 0.5) is 17.1 Å². The van der Waals surface area contributed by atoms with Crippen LogP contribution in [0.1, 0.15) is 5.56 Å². The van der Waals surface area contributed by atoms with Crippen LogP contribution >= 0.6 is 23.2 Å². The topological polar surface area (TPSA) is 110 Å². The number of rotatable bonds is 6. The van der Waals surface area contributed by atoms with E-state index in [1.165, 1.54) is 30.3 Å². The predicted octanol–water partition coefficient (Wildman–Crippen LogP) is 3.61. The highest BCUT2D eigenvalue weighted by Gasteiger charge is 2.24. The standard InChI is InChI=1S/C16H15Cl2N3O5S/c1-10-3-4-14(21(23)24)8-15(10)20(27(2,25)26)9-16(22)19-13-6-11(17)5-12(18)7-13/h3-8H,9H2,1-2H3,(H,19,22). The van der Waals surface area contributed by atoms with Crippen LogP contribution in [0.3, 0.4) is 0 Å². The summed E-state index contributed by atoms with van der Waals surface area (Å²) in [5.74, 6) is -0.662. The first-order chi connectivity index (χ1) is 12.5. The van der Waals surface area contributed by atoms with Crippen molar-refractivity contribution in [2.24, 2.45) is 0 Å². The predicted molar refractivity (Wildman–Crippen MR) is 105 cm³/mol. The van der Waals surface area contributed by atoms with Gasteiger partial charge >= 0.3 is 0 Å². The number of nitro groups is 1. The summed E-state index contributed by atoms with van der Waals surface area (Å²) in [6.45, 7) is 1.01. The molecule has 0 atom stereocenters. The monoisotopic (exact) mass is 431 g/mol. The summed E-state index contributed by atoms with van der Waals surface area (Å²) in [7, 11) is -3.89. The van der Waals surface area contributed by atoms with E-state index < -0.39 is 27.4 Å². The quantitative estimate of drug-likeness (QED) is 0.554. The number of hydrogen-bond acceptors (Lipinski definition) is 5. The zero-order valence-electron chi connectivity index (χ0n) is 14.3.